The molecular weight excluding hydrogens is 390 g/mol. The van der Waals surface area contributed by atoms with Gasteiger partial charge in [0.25, 0.3) is 0 Å². The topological polar surface area (TPSA) is 75.6 Å². The van der Waals surface area contributed by atoms with E-state index in [0.717, 1.165) is 38.9 Å². The Balaban J connectivity index is 1.45. The summed E-state index contributed by atoms with van der Waals surface area (Å²) in [6.07, 6.45) is -0.521. The summed E-state index contributed by atoms with van der Waals surface area (Å²) in [4.78, 5) is 24.2. The van der Waals surface area contributed by atoms with Gasteiger partial charge >= 0.3 is 12.1 Å². The zero-order valence-corrected chi connectivity index (χ0v) is 17.6. The molecule has 2 N–H and O–H groups in total. The van der Waals surface area contributed by atoms with Gasteiger partial charge in [-0.2, -0.15) is 0 Å². The fourth-order valence-electron chi connectivity index (χ4n) is 4.24. The van der Waals surface area contributed by atoms with Crippen molar-refractivity contribution in [2.24, 2.45) is 0 Å². The van der Waals surface area contributed by atoms with E-state index in [9.17, 15) is 14.7 Å². The molecular formula is C26H25NO4. The first-order chi connectivity index (χ1) is 15.0. The summed E-state index contributed by atoms with van der Waals surface area (Å²) in [7, 11) is 0. The van der Waals surface area contributed by atoms with Crippen LogP contribution >= 0.6 is 0 Å². The third-order valence-electron chi connectivity index (χ3n) is 6.07. The van der Waals surface area contributed by atoms with Crippen LogP contribution in [0.4, 0.5) is 4.79 Å². The van der Waals surface area contributed by atoms with Gasteiger partial charge in [-0.25, -0.2) is 9.59 Å². The molecule has 0 radical (unpaired) electrons. The number of hydrogen-bond donors (Lipinski definition) is 2. The summed E-state index contributed by atoms with van der Waals surface area (Å²) in [5.41, 5.74) is 7.52. The minimum Gasteiger partial charge on any atom is -0.480 e. The first-order valence-corrected chi connectivity index (χ1v) is 10.3. The highest BCUT2D eigenvalue weighted by molar-refractivity contribution is 5.81. The number of benzene rings is 3. The van der Waals surface area contributed by atoms with Gasteiger partial charge in [0, 0.05) is 12.3 Å². The molecule has 0 saturated heterocycles. The van der Waals surface area contributed by atoms with E-state index in [1.165, 1.54) is 0 Å². The van der Waals surface area contributed by atoms with Crippen molar-refractivity contribution >= 4 is 12.1 Å². The maximum absolute atomic E-state index is 12.5. The Hall–Kier alpha value is -3.60. The molecule has 1 aliphatic carbocycles. The highest BCUT2D eigenvalue weighted by Crippen LogP contribution is 2.44. The van der Waals surface area contributed by atoms with Crippen molar-refractivity contribution in [2.45, 2.75) is 32.2 Å². The predicted octanol–water partition coefficient (Wildman–Crippen LogP) is 4.84. The molecule has 0 heterocycles. The van der Waals surface area contributed by atoms with E-state index in [4.69, 9.17) is 4.74 Å². The van der Waals surface area contributed by atoms with E-state index in [-0.39, 0.29) is 18.9 Å². The van der Waals surface area contributed by atoms with Crippen LogP contribution in [0, 0.1) is 13.8 Å². The fraction of sp³-hybridized carbons (Fsp3) is 0.231. The zero-order chi connectivity index (χ0) is 22.0. The minimum atomic E-state index is -1.09. The van der Waals surface area contributed by atoms with E-state index < -0.39 is 18.1 Å². The van der Waals surface area contributed by atoms with Crippen molar-refractivity contribution in [2.75, 3.05) is 6.61 Å². The first-order valence-electron chi connectivity index (χ1n) is 10.3. The third kappa shape index (κ3) is 4.17. The van der Waals surface area contributed by atoms with Gasteiger partial charge in [0.1, 0.15) is 12.6 Å². The van der Waals surface area contributed by atoms with E-state index >= 15 is 0 Å². The summed E-state index contributed by atoms with van der Waals surface area (Å²) >= 11 is 0. The lowest BCUT2D eigenvalue weighted by Crippen LogP contribution is -2.43. The normalized spacial score (nSPS) is 13.2. The summed E-state index contributed by atoms with van der Waals surface area (Å²) in [5, 5.41) is 12.1. The van der Waals surface area contributed by atoms with Crippen LogP contribution < -0.4 is 5.32 Å². The second-order valence-corrected chi connectivity index (χ2v) is 7.92. The molecule has 0 aromatic heterocycles. The number of carbonyl (C=O) groups excluding carboxylic acids is 1. The largest absolute Gasteiger partial charge is 0.480 e. The molecule has 3 aromatic carbocycles. The number of aliphatic carboxylic acids is 1. The summed E-state index contributed by atoms with van der Waals surface area (Å²) in [6, 6.07) is 20.9. The quantitative estimate of drug-likeness (QED) is 0.604. The Morgan fingerprint density at radius 1 is 0.935 bits per heavy atom. The standard InChI is InChI=1S/C26H25NO4/c1-16-8-7-9-18(17(16)2)14-24(25(28)29)27-26(30)31-15-23-21-12-5-3-10-19(21)20-11-4-6-13-22(20)23/h3-13,23-24H,14-15H2,1-2H3,(H,27,30)(H,28,29)/t24-/m1/s1. The lowest BCUT2D eigenvalue weighted by atomic mass is 9.97. The van der Waals surface area contributed by atoms with Crippen molar-refractivity contribution in [3.63, 3.8) is 0 Å². The number of fused-ring (bicyclic) bond motifs is 3. The molecule has 4 rings (SSSR count). The van der Waals surface area contributed by atoms with Gasteiger partial charge in [-0.3, -0.25) is 0 Å². The molecule has 1 atom stereocenters. The minimum absolute atomic E-state index is 0.0690. The van der Waals surface area contributed by atoms with Crippen LogP contribution in [0.3, 0.4) is 0 Å². The van der Waals surface area contributed by atoms with Crippen molar-refractivity contribution < 1.29 is 19.4 Å². The molecule has 3 aromatic rings. The molecule has 0 unspecified atom stereocenters. The van der Waals surface area contributed by atoms with Crippen LogP contribution in [-0.4, -0.2) is 29.8 Å². The maximum Gasteiger partial charge on any atom is 0.407 e. The predicted molar refractivity (Wildman–Crippen MR) is 119 cm³/mol. The summed E-state index contributed by atoms with van der Waals surface area (Å²) in [5.74, 6) is -1.16. The van der Waals surface area contributed by atoms with Crippen LogP contribution in [0.2, 0.25) is 0 Å². The lowest BCUT2D eigenvalue weighted by Gasteiger charge is -2.18. The van der Waals surface area contributed by atoms with Gasteiger partial charge in [0.15, 0.2) is 0 Å². The maximum atomic E-state index is 12.5. The zero-order valence-electron chi connectivity index (χ0n) is 17.6. The molecule has 0 saturated carbocycles. The molecule has 5 nitrogen and oxygen atoms in total. The Morgan fingerprint density at radius 3 is 2.16 bits per heavy atom. The number of carbonyl (C=O) groups is 2. The average Bonchev–Trinajstić information content (AvgIpc) is 3.08. The highest BCUT2D eigenvalue weighted by atomic mass is 16.5. The molecule has 1 amide bonds. The number of alkyl carbamates (subject to hydrolysis) is 1. The average molecular weight is 415 g/mol. The number of carboxylic acid groups (broad SMARTS) is 1. The number of rotatable bonds is 6. The van der Waals surface area contributed by atoms with Crippen LogP contribution in [0.1, 0.15) is 33.7 Å². The van der Waals surface area contributed by atoms with Crippen molar-refractivity contribution in [3.8, 4) is 11.1 Å². The smallest absolute Gasteiger partial charge is 0.407 e. The Bertz CT molecular complexity index is 1090. The van der Waals surface area contributed by atoms with Gasteiger partial charge < -0.3 is 15.2 Å². The molecule has 5 heteroatoms. The van der Waals surface area contributed by atoms with Gasteiger partial charge in [-0.05, 0) is 52.8 Å². The molecule has 0 spiro atoms. The third-order valence-corrected chi connectivity index (χ3v) is 6.07. The van der Waals surface area contributed by atoms with Crippen molar-refractivity contribution in [1.82, 2.24) is 5.32 Å². The first kappa shape index (κ1) is 20.7. The fourth-order valence-corrected chi connectivity index (χ4v) is 4.24. The monoisotopic (exact) mass is 415 g/mol. The Labute approximate surface area is 181 Å². The number of ether oxygens (including phenoxy) is 1. The lowest BCUT2D eigenvalue weighted by molar-refractivity contribution is -0.139. The van der Waals surface area contributed by atoms with Crippen LogP contribution in [0.25, 0.3) is 11.1 Å². The van der Waals surface area contributed by atoms with Crippen LogP contribution in [-0.2, 0) is 16.0 Å². The Morgan fingerprint density at radius 2 is 1.55 bits per heavy atom. The van der Waals surface area contributed by atoms with E-state index in [1.54, 1.807) is 0 Å². The molecule has 0 fully saturated rings. The molecule has 0 bridgehead atoms. The van der Waals surface area contributed by atoms with Gasteiger partial charge in [-0.15, -0.1) is 0 Å². The van der Waals surface area contributed by atoms with Crippen LogP contribution in [0.15, 0.2) is 66.7 Å². The SMILES string of the molecule is Cc1cccc(C[C@@H](NC(=O)OCC2c3ccccc3-c3ccccc32)C(=O)O)c1C. The second-order valence-electron chi connectivity index (χ2n) is 7.92. The van der Waals surface area contributed by atoms with Crippen molar-refractivity contribution in [3.05, 3.63) is 94.5 Å². The van der Waals surface area contributed by atoms with Gasteiger partial charge in [0.05, 0.1) is 0 Å². The molecule has 1 aliphatic rings. The van der Waals surface area contributed by atoms with Gasteiger partial charge in [0.2, 0.25) is 0 Å². The van der Waals surface area contributed by atoms with Crippen molar-refractivity contribution in [1.29, 1.82) is 0 Å². The Kier molecular flexibility index (Phi) is 5.76. The summed E-state index contributed by atoms with van der Waals surface area (Å²) in [6.45, 7) is 4.08. The second kappa shape index (κ2) is 8.64. The van der Waals surface area contributed by atoms with Gasteiger partial charge in [-0.1, -0.05) is 66.7 Å². The van der Waals surface area contributed by atoms with E-state index in [0.29, 0.717) is 0 Å². The van der Waals surface area contributed by atoms with E-state index in [2.05, 4.69) is 17.4 Å². The highest BCUT2D eigenvalue weighted by Gasteiger charge is 2.29. The molecule has 31 heavy (non-hydrogen) atoms. The summed E-state index contributed by atoms with van der Waals surface area (Å²) < 4.78 is 5.50. The van der Waals surface area contributed by atoms with Crippen LogP contribution in [0.5, 0.6) is 0 Å². The number of amides is 1. The number of aryl methyl sites for hydroxylation is 1. The number of carboxylic acids is 1. The molecule has 0 aliphatic heterocycles. The molecule has 158 valence electrons. The van der Waals surface area contributed by atoms with E-state index in [1.807, 2.05) is 68.4 Å². The number of nitrogens with one attached hydrogen (secondary N) is 1. The number of hydrogen-bond acceptors (Lipinski definition) is 3.